The van der Waals surface area contributed by atoms with Crippen molar-refractivity contribution in [3.8, 4) is 0 Å². The molecule has 0 saturated heterocycles. The van der Waals surface area contributed by atoms with Crippen LogP contribution in [0.5, 0.6) is 0 Å². The van der Waals surface area contributed by atoms with E-state index in [2.05, 4.69) is 25.5 Å². The second-order valence-corrected chi connectivity index (χ2v) is 7.71. The first-order valence-electron chi connectivity index (χ1n) is 9.83. The van der Waals surface area contributed by atoms with Gasteiger partial charge in [-0.05, 0) is 26.0 Å². The van der Waals surface area contributed by atoms with Crippen LogP contribution in [0.1, 0.15) is 40.8 Å². The highest BCUT2D eigenvalue weighted by molar-refractivity contribution is 6.07. The molecule has 9 nitrogen and oxygen atoms in total. The number of rotatable bonds is 4. The Morgan fingerprint density at radius 3 is 2.70 bits per heavy atom. The van der Waals surface area contributed by atoms with Crippen molar-refractivity contribution in [1.82, 2.24) is 29.7 Å². The molecule has 0 aromatic carbocycles. The van der Waals surface area contributed by atoms with Crippen molar-refractivity contribution in [1.29, 1.82) is 0 Å². The lowest BCUT2D eigenvalue weighted by molar-refractivity contribution is -0.142. The predicted octanol–water partition coefficient (Wildman–Crippen LogP) is 1.94. The van der Waals surface area contributed by atoms with E-state index in [4.69, 9.17) is 5.73 Å². The third-order valence-electron chi connectivity index (χ3n) is 5.12. The molecule has 0 aliphatic carbocycles. The van der Waals surface area contributed by atoms with Gasteiger partial charge < -0.3 is 11.1 Å². The highest BCUT2D eigenvalue weighted by Crippen LogP contribution is 2.32. The molecule has 0 fully saturated rings. The number of fused-ring (bicyclic) bond motifs is 2. The Kier molecular flexibility index (Phi) is 5.42. The molecule has 3 aromatic rings. The summed E-state index contributed by atoms with van der Waals surface area (Å²) in [6, 6.07) is 0.832. The number of aromatic nitrogens is 5. The van der Waals surface area contributed by atoms with E-state index in [1.165, 1.54) is 6.92 Å². The zero-order valence-corrected chi connectivity index (χ0v) is 17.5. The topological polar surface area (TPSA) is 115 Å². The molecule has 0 unspecified atom stereocenters. The van der Waals surface area contributed by atoms with Gasteiger partial charge in [0.05, 0.1) is 17.5 Å². The number of carbonyl (C=O) groups is 1. The molecule has 4 heterocycles. The maximum absolute atomic E-state index is 14.0. The number of aliphatic imine (C=N–C) groups is 1. The van der Waals surface area contributed by atoms with Crippen LogP contribution in [-0.4, -0.2) is 42.7 Å². The van der Waals surface area contributed by atoms with E-state index < -0.39 is 41.8 Å². The number of carbonyl (C=O) groups excluding carboxylic acids is 1. The molecule has 0 spiro atoms. The molecule has 14 heteroatoms. The molecule has 1 amide bonds. The standard InChI is InChI=1S/C19H19F5N8O/c1-9-5-13(19(22,23)24)32-17(28-9)11(6-27-32)16(25)29-14(33)8-31-12-7-26-4-3-10(12)15(30-31)18(2,20)21/h5-6,26H,3-4,7-8H2,1-2H3,(H2,25,29,33). The summed E-state index contributed by atoms with van der Waals surface area (Å²) < 4.78 is 69.6. The van der Waals surface area contributed by atoms with Crippen molar-refractivity contribution in [2.75, 3.05) is 6.54 Å². The lowest BCUT2D eigenvalue weighted by atomic mass is 10.0. The first-order chi connectivity index (χ1) is 15.4. The molecular formula is C19H19F5N8O. The van der Waals surface area contributed by atoms with E-state index >= 15 is 0 Å². The minimum absolute atomic E-state index is 0.0671. The molecule has 176 valence electrons. The number of hydrogen-bond acceptors (Lipinski definition) is 5. The third kappa shape index (κ3) is 4.29. The van der Waals surface area contributed by atoms with E-state index in [0.29, 0.717) is 28.7 Å². The van der Waals surface area contributed by atoms with Crippen molar-refractivity contribution >= 4 is 17.4 Å². The Morgan fingerprint density at radius 1 is 1.30 bits per heavy atom. The zero-order valence-electron chi connectivity index (χ0n) is 17.5. The van der Waals surface area contributed by atoms with E-state index in [1.54, 1.807) is 0 Å². The van der Waals surface area contributed by atoms with Gasteiger partial charge in [0.2, 0.25) is 0 Å². The molecule has 1 aliphatic heterocycles. The van der Waals surface area contributed by atoms with Crippen LogP contribution < -0.4 is 11.1 Å². The number of nitrogens with one attached hydrogen (secondary N) is 1. The summed E-state index contributed by atoms with van der Waals surface area (Å²) >= 11 is 0. The van der Waals surface area contributed by atoms with Gasteiger partial charge in [-0.15, -0.1) is 0 Å². The van der Waals surface area contributed by atoms with Gasteiger partial charge in [-0.3, -0.25) is 9.48 Å². The molecule has 1 aliphatic rings. The van der Waals surface area contributed by atoms with Gasteiger partial charge in [-0.2, -0.15) is 37.1 Å². The number of aryl methyl sites for hydroxylation is 1. The van der Waals surface area contributed by atoms with E-state index in [9.17, 15) is 26.7 Å². The van der Waals surface area contributed by atoms with E-state index in [0.717, 1.165) is 23.9 Å². The molecule has 0 atom stereocenters. The molecule has 33 heavy (non-hydrogen) atoms. The van der Waals surface area contributed by atoms with Gasteiger partial charge in [0.15, 0.2) is 5.65 Å². The molecule has 0 saturated carbocycles. The highest BCUT2D eigenvalue weighted by atomic mass is 19.4. The summed E-state index contributed by atoms with van der Waals surface area (Å²) in [7, 11) is 0. The zero-order chi connectivity index (χ0) is 24.1. The molecule has 0 radical (unpaired) electrons. The number of hydrogen-bond donors (Lipinski definition) is 2. The maximum Gasteiger partial charge on any atom is 0.433 e. The molecule has 0 bridgehead atoms. The third-order valence-corrected chi connectivity index (χ3v) is 5.12. The maximum atomic E-state index is 14.0. The van der Waals surface area contributed by atoms with Gasteiger partial charge in [0, 0.05) is 24.7 Å². The average molecular weight is 470 g/mol. The van der Waals surface area contributed by atoms with Gasteiger partial charge >= 0.3 is 6.18 Å². The summed E-state index contributed by atoms with van der Waals surface area (Å²) in [5.74, 6) is -4.41. The van der Waals surface area contributed by atoms with Crippen molar-refractivity contribution in [3.05, 3.63) is 46.2 Å². The van der Waals surface area contributed by atoms with Gasteiger partial charge in [-0.1, -0.05) is 0 Å². The van der Waals surface area contributed by atoms with Crippen molar-refractivity contribution in [2.45, 2.75) is 45.5 Å². The monoisotopic (exact) mass is 470 g/mol. The van der Waals surface area contributed by atoms with Crippen molar-refractivity contribution < 1.29 is 26.7 Å². The smallest absolute Gasteiger partial charge is 0.383 e. The second-order valence-electron chi connectivity index (χ2n) is 7.71. The predicted molar refractivity (Wildman–Crippen MR) is 106 cm³/mol. The highest BCUT2D eigenvalue weighted by Gasteiger charge is 2.36. The molecule has 3 N–H and O–H groups in total. The van der Waals surface area contributed by atoms with E-state index in [1.807, 2.05) is 0 Å². The normalized spacial score (nSPS) is 15.2. The fourth-order valence-electron chi connectivity index (χ4n) is 3.72. The Labute approximate surface area is 183 Å². The van der Waals surface area contributed by atoms with Crippen LogP contribution in [0.15, 0.2) is 17.3 Å². The summed E-state index contributed by atoms with van der Waals surface area (Å²) in [6.07, 6.45) is -3.33. The molecular weight excluding hydrogens is 451 g/mol. The van der Waals surface area contributed by atoms with Gasteiger partial charge in [0.1, 0.15) is 23.8 Å². The summed E-state index contributed by atoms with van der Waals surface area (Å²) in [5.41, 5.74) is 5.03. The minimum Gasteiger partial charge on any atom is -0.383 e. The number of halogens is 5. The fourth-order valence-corrected chi connectivity index (χ4v) is 3.72. The SMILES string of the molecule is Cc1cc(C(F)(F)F)n2ncc(C(N)=NC(=O)Cn3nc(C(C)(F)F)c4c3CNCC4)c2n1. The van der Waals surface area contributed by atoms with E-state index in [-0.39, 0.29) is 23.4 Å². The van der Waals surface area contributed by atoms with Crippen LogP contribution in [0.3, 0.4) is 0 Å². The van der Waals surface area contributed by atoms with Crippen LogP contribution in [0.2, 0.25) is 0 Å². The van der Waals surface area contributed by atoms with Crippen LogP contribution in [0.4, 0.5) is 22.0 Å². The van der Waals surface area contributed by atoms with Crippen molar-refractivity contribution in [2.24, 2.45) is 10.7 Å². The molecule has 4 rings (SSSR count). The summed E-state index contributed by atoms with van der Waals surface area (Å²) in [5, 5.41) is 10.6. The minimum atomic E-state index is -4.69. The average Bonchev–Trinajstić information content (AvgIpc) is 3.28. The number of nitrogens with zero attached hydrogens (tertiary/aromatic N) is 6. The Hall–Kier alpha value is -3.42. The number of alkyl halides is 5. The lowest BCUT2D eigenvalue weighted by Gasteiger charge is -2.16. The second kappa shape index (κ2) is 7.86. The largest absolute Gasteiger partial charge is 0.433 e. The van der Waals surface area contributed by atoms with Crippen LogP contribution in [-0.2, 0) is 36.4 Å². The Balaban J connectivity index is 1.66. The van der Waals surface area contributed by atoms with Crippen LogP contribution >= 0.6 is 0 Å². The number of amides is 1. The Bertz CT molecular complexity index is 1270. The van der Waals surface area contributed by atoms with Crippen LogP contribution in [0.25, 0.3) is 5.65 Å². The number of nitrogens with two attached hydrogens (primary N) is 1. The van der Waals surface area contributed by atoms with Crippen LogP contribution in [0, 0.1) is 6.92 Å². The van der Waals surface area contributed by atoms with Gasteiger partial charge in [-0.25, -0.2) is 9.50 Å². The fraction of sp³-hybridized carbons (Fsp3) is 0.421. The first-order valence-corrected chi connectivity index (χ1v) is 9.83. The first kappa shape index (κ1) is 22.8. The van der Waals surface area contributed by atoms with Gasteiger partial charge in [0.25, 0.3) is 11.8 Å². The number of amidine groups is 1. The van der Waals surface area contributed by atoms with Crippen molar-refractivity contribution in [3.63, 3.8) is 0 Å². The summed E-state index contributed by atoms with van der Waals surface area (Å²) in [6.45, 7) is 2.39. The quantitative estimate of drug-likeness (QED) is 0.342. The summed E-state index contributed by atoms with van der Waals surface area (Å²) in [4.78, 5) is 20.3. The molecule has 3 aromatic heterocycles. The Morgan fingerprint density at radius 2 is 2.03 bits per heavy atom. The lowest BCUT2D eigenvalue weighted by Crippen LogP contribution is -2.27.